The van der Waals surface area contributed by atoms with E-state index in [0.29, 0.717) is 17.9 Å². The van der Waals surface area contributed by atoms with Crippen LogP contribution in [0.5, 0.6) is 5.75 Å². The molecule has 0 saturated carbocycles. The van der Waals surface area contributed by atoms with Gasteiger partial charge in [-0.05, 0) is 106 Å². The number of anilines is 1. The molecule has 0 unspecified atom stereocenters. The van der Waals surface area contributed by atoms with E-state index in [1.165, 1.54) is 11.6 Å². The molecule has 0 aliphatic carbocycles. The molecule has 1 aliphatic rings. The lowest BCUT2D eigenvalue weighted by Gasteiger charge is -2.26. The number of hydrogen-bond donors (Lipinski definition) is 1. The molecule has 0 spiro atoms. The van der Waals surface area contributed by atoms with Gasteiger partial charge in [-0.2, -0.15) is 0 Å². The quantitative estimate of drug-likeness (QED) is 0.195. The van der Waals surface area contributed by atoms with Crippen molar-refractivity contribution in [1.29, 1.82) is 0 Å². The fourth-order valence-corrected chi connectivity index (χ4v) is 5.71. The van der Waals surface area contributed by atoms with Gasteiger partial charge < -0.3 is 4.74 Å². The average molecular weight is 692 g/mol. The smallest absolute Gasteiger partial charge is 0.335 e. The number of benzene rings is 3. The van der Waals surface area contributed by atoms with Gasteiger partial charge in [-0.1, -0.05) is 48.9 Å². The number of imide groups is 2. The van der Waals surface area contributed by atoms with Crippen LogP contribution in [0.4, 0.5) is 10.5 Å². The Labute approximate surface area is 231 Å². The summed E-state index contributed by atoms with van der Waals surface area (Å²) in [6.07, 6.45) is 2.34. The maximum Gasteiger partial charge on any atom is 0.335 e. The number of nitrogens with one attached hydrogen (secondary N) is 1. The van der Waals surface area contributed by atoms with Gasteiger partial charge in [0.2, 0.25) is 0 Å². The normalized spacial score (nSPS) is 14.9. The molecule has 3 aromatic carbocycles. The van der Waals surface area contributed by atoms with Crippen LogP contribution in [-0.4, -0.2) is 17.8 Å². The van der Waals surface area contributed by atoms with Crippen molar-refractivity contribution in [3.63, 3.8) is 0 Å². The first-order valence-electron chi connectivity index (χ1n) is 10.9. The number of hydrogen-bond acceptors (Lipinski definition) is 4. The average Bonchev–Trinajstić information content (AvgIpc) is 2.82. The summed E-state index contributed by atoms with van der Waals surface area (Å²) in [5.41, 5.74) is 4.30. The lowest BCUT2D eigenvalue weighted by atomic mass is 10.1. The van der Waals surface area contributed by atoms with Crippen LogP contribution in [-0.2, 0) is 22.6 Å². The molecule has 1 heterocycles. The highest BCUT2D eigenvalue weighted by atomic mass is 127. The van der Waals surface area contributed by atoms with Gasteiger partial charge >= 0.3 is 6.03 Å². The minimum atomic E-state index is -0.759. The van der Waals surface area contributed by atoms with Gasteiger partial charge in [-0.25, -0.2) is 9.69 Å². The summed E-state index contributed by atoms with van der Waals surface area (Å²) in [6.45, 7) is 4.49. The lowest BCUT2D eigenvalue weighted by Crippen LogP contribution is -2.54. The number of carbonyl (C=O) groups excluding carboxylic acids is 3. The van der Waals surface area contributed by atoms with Crippen LogP contribution in [0.1, 0.15) is 29.2 Å². The molecule has 3 aromatic rings. The standard InChI is InChI=1S/C27H22I2N2O4/c1-3-17-8-10-20(11-9-17)31-26(33)21(25(32)30-27(31)34)12-19-13-22(28)24(23(29)14-19)35-15-18-6-4-16(2)5-7-18/h4-14H,3,15H2,1-2H3,(H,30,32,34)/b21-12-. The van der Waals surface area contributed by atoms with E-state index in [1.54, 1.807) is 12.1 Å². The summed E-state index contributed by atoms with van der Waals surface area (Å²) in [5.74, 6) is -0.639. The molecule has 35 heavy (non-hydrogen) atoms. The van der Waals surface area contributed by atoms with Crippen LogP contribution in [0.2, 0.25) is 0 Å². The molecule has 0 atom stereocenters. The van der Waals surface area contributed by atoms with Crippen LogP contribution >= 0.6 is 45.2 Å². The Morgan fingerprint density at radius 1 is 0.914 bits per heavy atom. The third kappa shape index (κ3) is 5.75. The monoisotopic (exact) mass is 692 g/mol. The Morgan fingerprint density at radius 3 is 2.11 bits per heavy atom. The molecule has 6 nitrogen and oxygen atoms in total. The van der Waals surface area contributed by atoms with E-state index >= 15 is 0 Å². The fraction of sp³-hybridized carbons (Fsp3) is 0.148. The van der Waals surface area contributed by atoms with Gasteiger partial charge in [-0.3, -0.25) is 14.9 Å². The minimum absolute atomic E-state index is 0.107. The van der Waals surface area contributed by atoms with Gasteiger partial charge in [0.1, 0.15) is 17.9 Å². The first-order valence-corrected chi connectivity index (χ1v) is 13.1. The van der Waals surface area contributed by atoms with Crippen molar-refractivity contribution in [2.75, 3.05) is 4.90 Å². The molecule has 8 heteroatoms. The molecule has 1 N–H and O–H groups in total. The molecule has 0 radical (unpaired) electrons. The van der Waals surface area contributed by atoms with Crippen molar-refractivity contribution >= 4 is 74.8 Å². The van der Waals surface area contributed by atoms with Gasteiger partial charge in [0.15, 0.2) is 0 Å². The summed E-state index contributed by atoms with van der Waals surface area (Å²) in [4.78, 5) is 39.2. The van der Waals surface area contributed by atoms with E-state index < -0.39 is 17.8 Å². The highest BCUT2D eigenvalue weighted by Gasteiger charge is 2.36. The molecule has 1 aliphatic heterocycles. The van der Waals surface area contributed by atoms with E-state index in [2.05, 4.69) is 50.5 Å². The third-order valence-electron chi connectivity index (χ3n) is 5.54. The van der Waals surface area contributed by atoms with Crippen molar-refractivity contribution in [3.05, 3.63) is 95.6 Å². The Balaban J connectivity index is 1.59. The first-order chi connectivity index (χ1) is 16.8. The number of ether oxygens (including phenoxy) is 1. The number of nitrogens with zero attached hydrogens (tertiary/aromatic N) is 1. The SMILES string of the molecule is CCc1ccc(N2C(=O)NC(=O)/C(=C/c3cc(I)c(OCc4ccc(C)cc4)c(I)c3)C2=O)cc1. The third-order valence-corrected chi connectivity index (χ3v) is 7.14. The number of rotatable bonds is 6. The Kier molecular flexibility index (Phi) is 7.90. The summed E-state index contributed by atoms with van der Waals surface area (Å²) >= 11 is 4.36. The number of barbiturate groups is 1. The van der Waals surface area contributed by atoms with Gasteiger partial charge in [0, 0.05) is 0 Å². The number of amides is 4. The molecule has 1 fully saturated rings. The zero-order chi connectivity index (χ0) is 25.1. The summed E-state index contributed by atoms with van der Waals surface area (Å²) in [5, 5.41) is 2.27. The van der Waals surface area contributed by atoms with Crippen molar-refractivity contribution in [1.82, 2.24) is 5.32 Å². The van der Waals surface area contributed by atoms with Crippen LogP contribution in [0.3, 0.4) is 0 Å². The van der Waals surface area contributed by atoms with E-state index in [1.807, 2.05) is 62.4 Å². The largest absolute Gasteiger partial charge is 0.487 e. The number of carbonyl (C=O) groups is 3. The van der Waals surface area contributed by atoms with Crippen LogP contribution in [0.15, 0.2) is 66.2 Å². The number of urea groups is 1. The van der Waals surface area contributed by atoms with Crippen LogP contribution in [0, 0.1) is 14.1 Å². The zero-order valence-electron chi connectivity index (χ0n) is 19.1. The molecular formula is C27H22I2N2O4. The molecular weight excluding hydrogens is 670 g/mol. The van der Waals surface area contributed by atoms with E-state index in [-0.39, 0.29) is 5.57 Å². The van der Waals surface area contributed by atoms with Crippen molar-refractivity contribution in [2.24, 2.45) is 0 Å². The second kappa shape index (κ2) is 10.9. The maximum atomic E-state index is 13.2. The van der Waals surface area contributed by atoms with Crippen LogP contribution in [0.25, 0.3) is 6.08 Å². The fourth-order valence-electron chi connectivity index (χ4n) is 3.58. The molecule has 1 saturated heterocycles. The summed E-state index contributed by atoms with van der Waals surface area (Å²) < 4.78 is 7.75. The molecule has 4 amide bonds. The molecule has 0 aromatic heterocycles. The van der Waals surface area contributed by atoms with Crippen molar-refractivity contribution in [2.45, 2.75) is 26.9 Å². The van der Waals surface area contributed by atoms with E-state index in [9.17, 15) is 14.4 Å². The second-order valence-corrected chi connectivity index (χ2v) is 10.4. The Hall–Kier alpha value is -2.73. The lowest BCUT2D eigenvalue weighted by molar-refractivity contribution is -0.122. The van der Waals surface area contributed by atoms with Gasteiger partial charge in [0.25, 0.3) is 11.8 Å². The number of halogens is 2. The van der Waals surface area contributed by atoms with E-state index in [4.69, 9.17) is 4.74 Å². The maximum absolute atomic E-state index is 13.2. The zero-order valence-corrected chi connectivity index (χ0v) is 23.4. The topological polar surface area (TPSA) is 75.7 Å². The van der Waals surface area contributed by atoms with E-state index in [0.717, 1.165) is 35.3 Å². The van der Waals surface area contributed by atoms with Crippen molar-refractivity contribution in [3.8, 4) is 5.75 Å². The summed E-state index contributed by atoms with van der Waals surface area (Å²) in [6, 6.07) is 18.2. The highest BCUT2D eigenvalue weighted by Crippen LogP contribution is 2.31. The molecule has 4 rings (SSSR count). The van der Waals surface area contributed by atoms with Crippen LogP contribution < -0.4 is 15.0 Å². The molecule has 178 valence electrons. The molecule has 0 bridgehead atoms. The summed E-state index contributed by atoms with van der Waals surface area (Å²) in [7, 11) is 0. The predicted octanol–water partition coefficient (Wildman–Crippen LogP) is 6.01. The number of aryl methyl sites for hydroxylation is 2. The minimum Gasteiger partial charge on any atom is -0.487 e. The second-order valence-electron chi connectivity index (χ2n) is 8.07. The van der Waals surface area contributed by atoms with Crippen molar-refractivity contribution < 1.29 is 19.1 Å². The predicted molar refractivity (Wildman–Crippen MR) is 152 cm³/mol. The van der Waals surface area contributed by atoms with Gasteiger partial charge in [0.05, 0.1) is 12.8 Å². The van der Waals surface area contributed by atoms with Gasteiger partial charge in [-0.15, -0.1) is 0 Å². The first kappa shape index (κ1) is 25.4. The highest BCUT2D eigenvalue weighted by molar-refractivity contribution is 14.1. The Bertz CT molecular complexity index is 1310. The Morgan fingerprint density at radius 2 is 1.51 bits per heavy atom.